The van der Waals surface area contributed by atoms with Gasteiger partial charge in [-0.25, -0.2) is 8.78 Å². The van der Waals surface area contributed by atoms with Gasteiger partial charge in [0, 0.05) is 13.1 Å². The third-order valence-electron chi connectivity index (χ3n) is 1.94. The largest absolute Gasteiger partial charge is 0.348 e. The zero-order valence-corrected chi connectivity index (χ0v) is 7.79. The van der Waals surface area contributed by atoms with Gasteiger partial charge in [0.15, 0.2) is 0 Å². The lowest BCUT2D eigenvalue weighted by Crippen LogP contribution is -2.67. The highest BCUT2D eigenvalue weighted by Crippen LogP contribution is 2.17. The zero-order chi connectivity index (χ0) is 10.1. The molecule has 76 valence electrons. The summed E-state index contributed by atoms with van der Waals surface area (Å²) < 4.78 is 24.8. The Morgan fingerprint density at radius 1 is 1.62 bits per heavy atom. The van der Waals surface area contributed by atoms with E-state index < -0.39 is 18.3 Å². The van der Waals surface area contributed by atoms with Gasteiger partial charge < -0.3 is 10.6 Å². The van der Waals surface area contributed by atoms with Crippen molar-refractivity contribution in [2.75, 3.05) is 13.1 Å². The standard InChI is InChI=1S/C8H14F2N2O/c1-7(4-11-5-7)12-6(13)3-8(2,9)10/h11H,3-5H2,1-2H3,(H,12,13). The Kier molecular flexibility index (Phi) is 2.56. The molecule has 1 heterocycles. The molecule has 0 radical (unpaired) electrons. The van der Waals surface area contributed by atoms with Crippen molar-refractivity contribution in [1.82, 2.24) is 10.6 Å². The molecule has 0 bridgehead atoms. The molecular weight excluding hydrogens is 178 g/mol. The molecule has 1 fully saturated rings. The van der Waals surface area contributed by atoms with E-state index in [9.17, 15) is 13.6 Å². The van der Waals surface area contributed by atoms with E-state index in [2.05, 4.69) is 10.6 Å². The number of nitrogens with one attached hydrogen (secondary N) is 2. The predicted octanol–water partition coefficient (Wildman–Crippen LogP) is 0.510. The van der Waals surface area contributed by atoms with E-state index in [4.69, 9.17) is 0 Å². The van der Waals surface area contributed by atoms with Gasteiger partial charge in [-0.3, -0.25) is 4.79 Å². The number of halogens is 2. The first-order valence-electron chi connectivity index (χ1n) is 4.20. The molecule has 0 aromatic heterocycles. The summed E-state index contributed by atoms with van der Waals surface area (Å²) in [4.78, 5) is 11.0. The topological polar surface area (TPSA) is 41.1 Å². The third kappa shape index (κ3) is 3.26. The molecule has 1 aliphatic heterocycles. The first-order valence-corrected chi connectivity index (χ1v) is 4.20. The average Bonchev–Trinajstić information content (AvgIpc) is 1.79. The highest BCUT2D eigenvalue weighted by molar-refractivity contribution is 5.77. The fourth-order valence-corrected chi connectivity index (χ4v) is 1.25. The molecule has 0 aromatic rings. The molecule has 0 aromatic carbocycles. The van der Waals surface area contributed by atoms with Crippen LogP contribution in [0.2, 0.25) is 0 Å². The van der Waals surface area contributed by atoms with Crippen LogP contribution in [0.1, 0.15) is 20.3 Å². The van der Waals surface area contributed by atoms with Crippen LogP contribution in [0.15, 0.2) is 0 Å². The van der Waals surface area contributed by atoms with Crippen molar-refractivity contribution in [2.45, 2.75) is 31.7 Å². The maximum atomic E-state index is 12.4. The zero-order valence-electron chi connectivity index (χ0n) is 7.79. The molecule has 0 unspecified atom stereocenters. The minimum absolute atomic E-state index is 0.331. The molecule has 13 heavy (non-hydrogen) atoms. The van der Waals surface area contributed by atoms with Gasteiger partial charge in [0.05, 0.1) is 12.0 Å². The number of carbonyl (C=O) groups excluding carboxylic acids is 1. The number of carbonyl (C=O) groups is 1. The van der Waals surface area contributed by atoms with Gasteiger partial charge >= 0.3 is 0 Å². The van der Waals surface area contributed by atoms with Crippen LogP contribution in [0.3, 0.4) is 0 Å². The van der Waals surface area contributed by atoms with Crippen LogP contribution in [-0.2, 0) is 4.79 Å². The van der Waals surface area contributed by atoms with Gasteiger partial charge in [-0.1, -0.05) is 0 Å². The van der Waals surface area contributed by atoms with Gasteiger partial charge in [-0.2, -0.15) is 0 Å². The third-order valence-corrected chi connectivity index (χ3v) is 1.94. The summed E-state index contributed by atoms with van der Waals surface area (Å²) >= 11 is 0. The highest BCUT2D eigenvalue weighted by atomic mass is 19.3. The molecule has 0 spiro atoms. The summed E-state index contributed by atoms with van der Waals surface area (Å²) in [5, 5.41) is 5.54. The summed E-state index contributed by atoms with van der Waals surface area (Å²) in [5.74, 6) is -3.51. The van der Waals surface area contributed by atoms with Crippen LogP contribution < -0.4 is 10.6 Å². The molecular formula is C8H14F2N2O. The fraction of sp³-hybridized carbons (Fsp3) is 0.875. The number of rotatable bonds is 3. The van der Waals surface area contributed by atoms with E-state index in [1.54, 1.807) is 0 Å². The highest BCUT2D eigenvalue weighted by Gasteiger charge is 2.35. The van der Waals surface area contributed by atoms with Crippen LogP contribution in [0.5, 0.6) is 0 Å². The Morgan fingerprint density at radius 2 is 2.15 bits per heavy atom. The predicted molar refractivity (Wildman–Crippen MR) is 44.7 cm³/mol. The maximum Gasteiger partial charge on any atom is 0.254 e. The molecule has 0 atom stereocenters. The smallest absolute Gasteiger partial charge is 0.254 e. The summed E-state index contributed by atoms with van der Waals surface area (Å²) in [5.41, 5.74) is -0.331. The second-order valence-electron chi connectivity index (χ2n) is 3.96. The van der Waals surface area contributed by atoms with Crippen LogP contribution in [0.25, 0.3) is 0 Å². The second kappa shape index (κ2) is 3.21. The minimum atomic E-state index is -2.92. The van der Waals surface area contributed by atoms with Gasteiger partial charge in [0.1, 0.15) is 0 Å². The van der Waals surface area contributed by atoms with E-state index in [1.165, 1.54) is 0 Å². The summed E-state index contributed by atoms with van der Waals surface area (Å²) in [6.45, 7) is 3.87. The summed E-state index contributed by atoms with van der Waals surface area (Å²) in [6.07, 6.45) is -0.734. The van der Waals surface area contributed by atoms with Crippen molar-refractivity contribution in [3.63, 3.8) is 0 Å². The van der Waals surface area contributed by atoms with E-state index in [1.807, 2.05) is 6.92 Å². The van der Waals surface area contributed by atoms with Gasteiger partial charge in [0.2, 0.25) is 5.91 Å². The normalized spacial score (nSPS) is 20.6. The number of hydrogen-bond donors (Lipinski definition) is 2. The van der Waals surface area contributed by atoms with E-state index in [-0.39, 0.29) is 5.54 Å². The van der Waals surface area contributed by atoms with Gasteiger partial charge in [0.25, 0.3) is 5.92 Å². The van der Waals surface area contributed by atoms with Crippen molar-refractivity contribution in [3.05, 3.63) is 0 Å². The van der Waals surface area contributed by atoms with E-state index in [0.717, 1.165) is 6.92 Å². The Hall–Kier alpha value is -0.710. The molecule has 2 N–H and O–H groups in total. The quantitative estimate of drug-likeness (QED) is 0.684. The second-order valence-corrected chi connectivity index (χ2v) is 3.96. The molecule has 1 amide bonds. The first kappa shape index (κ1) is 10.4. The van der Waals surface area contributed by atoms with Crippen LogP contribution in [0, 0.1) is 0 Å². The van der Waals surface area contributed by atoms with Crippen LogP contribution in [-0.4, -0.2) is 30.5 Å². The average molecular weight is 192 g/mol. The molecule has 5 heteroatoms. The molecule has 0 saturated carbocycles. The maximum absolute atomic E-state index is 12.4. The Balaban J connectivity index is 2.33. The number of hydrogen-bond acceptors (Lipinski definition) is 2. The minimum Gasteiger partial charge on any atom is -0.348 e. The molecule has 1 saturated heterocycles. The fourth-order valence-electron chi connectivity index (χ4n) is 1.25. The molecule has 1 rings (SSSR count). The van der Waals surface area contributed by atoms with Crippen molar-refractivity contribution in [1.29, 1.82) is 0 Å². The van der Waals surface area contributed by atoms with E-state index in [0.29, 0.717) is 13.1 Å². The Labute approximate surface area is 75.9 Å². The van der Waals surface area contributed by atoms with E-state index >= 15 is 0 Å². The van der Waals surface area contributed by atoms with Crippen LogP contribution >= 0.6 is 0 Å². The Morgan fingerprint density at radius 3 is 2.46 bits per heavy atom. The first-order chi connectivity index (χ1) is 5.81. The molecule has 0 aliphatic carbocycles. The van der Waals surface area contributed by atoms with Gasteiger partial charge in [-0.05, 0) is 13.8 Å². The summed E-state index contributed by atoms with van der Waals surface area (Å²) in [7, 11) is 0. The molecule has 1 aliphatic rings. The van der Waals surface area contributed by atoms with Crippen molar-refractivity contribution >= 4 is 5.91 Å². The van der Waals surface area contributed by atoms with Crippen molar-refractivity contribution < 1.29 is 13.6 Å². The van der Waals surface area contributed by atoms with Crippen LogP contribution in [0.4, 0.5) is 8.78 Å². The molecule has 3 nitrogen and oxygen atoms in total. The van der Waals surface area contributed by atoms with Crippen molar-refractivity contribution in [2.24, 2.45) is 0 Å². The van der Waals surface area contributed by atoms with Crippen molar-refractivity contribution in [3.8, 4) is 0 Å². The lowest BCUT2D eigenvalue weighted by Gasteiger charge is -2.40. The monoisotopic (exact) mass is 192 g/mol. The number of alkyl halides is 2. The lowest BCUT2D eigenvalue weighted by molar-refractivity contribution is -0.129. The summed E-state index contributed by atoms with van der Waals surface area (Å²) in [6, 6.07) is 0. The van der Waals surface area contributed by atoms with Gasteiger partial charge in [-0.15, -0.1) is 0 Å². The SMILES string of the molecule is CC(F)(F)CC(=O)NC1(C)CNC1. The Bertz CT molecular complexity index is 209. The lowest BCUT2D eigenvalue weighted by atomic mass is 9.95. The number of amides is 1.